The molecular formula is C16H13N5O2. The quantitative estimate of drug-likeness (QED) is 0.757. The van der Waals surface area contributed by atoms with Gasteiger partial charge in [-0.1, -0.05) is 0 Å². The number of fused-ring (bicyclic) bond motifs is 1. The minimum absolute atomic E-state index is 0.00149. The van der Waals surface area contributed by atoms with Gasteiger partial charge in [0.2, 0.25) is 5.95 Å². The molecule has 0 unspecified atom stereocenters. The molecular weight excluding hydrogens is 294 g/mol. The Balaban J connectivity index is 2.19. The molecule has 2 heterocycles. The maximum atomic E-state index is 10.7. The lowest BCUT2D eigenvalue weighted by atomic mass is 10.0. The van der Waals surface area contributed by atoms with Gasteiger partial charge in [-0.25, -0.2) is 14.8 Å². The van der Waals surface area contributed by atoms with E-state index in [1.54, 1.807) is 12.1 Å². The number of amides is 1. The largest absolute Gasteiger partial charge is 0.465 e. The van der Waals surface area contributed by atoms with Crippen molar-refractivity contribution in [2.75, 3.05) is 5.32 Å². The zero-order valence-electron chi connectivity index (χ0n) is 12.5. The standard InChI is InChI=1S/C16H13N5O2/c1-9-8-21(2)14-11(7-17)5-10(6-12(9)14)13-3-4-18-15(19-13)20-16(22)23/h3-6,8H,1-2H3,(H,22,23)(H,18,19,20). The predicted molar refractivity (Wildman–Crippen MR) is 85.0 cm³/mol. The van der Waals surface area contributed by atoms with Crippen molar-refractivity contribution in [1.29, 1.82) is 5.26 Å². The van der Waals surface area contributed by atoms with E-state index >= 15 is 0 Å². The number of nitriles is 1. The van der Waals surface area contributed by atoms with Crippen LogP contribution in [-0.2, 0) is 7.05 Å². The van der Waals surface area contributed by atoms with Gasteiger partial charge in [0.05, 0.1) is 16.8 Å². The Morgan fingerprint density at radius 3 is 2.91 bits per heavy atom. The fourth-order valence-corrected chi connectivity index (χ4v) is 2.65. The van der Waals surface area contributed by atoms with Gasteiger partial charge in [0.1, 0.15) is 6.07 Å². The van der Waals surface area contributed by atoms with Crippen molar-refractivity contribution >= 4 is 22.9 Å². The van der Waals surface area contributed by atoms with E-state index in [1.165, 1.54) is 6.20 Å². The third-order valence-electron chi connectivity index (χ3n) is 3.57. The predicted octanol–water partition coefficient (Wildman–Crippen LogP) is 2.91. The summed E-state index contributed by atoms with van der Waals surface area (Å²) >= 11 is 0. The van der Waals surface area contributed by atoms with Gasteiger partial charge in [-0.15, -0.1) is 0 Å². The third kappa shape index (κ3) is 2.58. The van der Waals surface area contributed by atoms with Crippen molar-refractivity contribution < 1.29 is 9.90 Å². The molecule has 0 atom stereocenters. The Kier molecular flexibility index (Phi) is 3.43. The van der Waals surface area contributed by atoms with Crippen LogP contribution in [0.4, 0.5) is 10.7 Å². The highest BCUT2D eigenvalue weighted by atomic mass is 16.4. The topological polar surface area (TPSA) is 104 Å². The first-order chi connectivity index (χ1) is 11.0. The summed E-state index contributed by atoms with van der Waals surface area (Å²) in [6, 6.07) is 7.57. The van der Waals surface area contributed by atoms with E-state index in [0.717, 1.165) is 22.0 Å². The van der Waals surface area contributed by atoms with E-state index in [9.17, 15) is 10.1 Å². The molecule has 0 aliphatic heterocycles. The van der Waals surface area contributed by atoms with Crippen molar-refractivity contribution in [2.24, 2.45) is 7.05 Å². The number of benzene rings is 1. The molecule has 0 aliphatic rings. The van der Waals surface area contributed by atoms with Gasteiger partial charge < -0.3 is 9.67 Å². The average Bonchev–Trinajstić information content (AvgIpc) is 2.81. The minimum atomic E-state index is -1.23. The molecule has 0 saturated carbocycles. The molecule has 0 aliphatic carbocycles. The maximum absolute atomic E-state index is 10.7. The van der Waals surface area contributed by atoms with Crippen molar-refractivity contribution in [2.45, 2.75) is 6.92 Å². The van der Waals surface area contributed by atoms with E-state index in [0.29, 0.717) is 11.3 Å². The Morgan fingerprint density at radius 2 is 2.22 bits per heavy atom. The second-order valence-corrected chi connectivity index (χ2v) is 5.15. The van der Waals surface area contributed by atoms with Crippen LogP contribution < -0.4 is 5.32 Å². The van der Waals surface area contributed by atoms with Gasteiger partial charge in [0.15, 0.2) is 0 Å². The lowest BCUT2D eigenvalue weighted by Gasteiger charge is -2.06. The molecule has 114 valence electrons. The highest BCUT2D eigenvalue weighted by Crippen LogP contribution is 2.29. The normalized spacial score (nSPS) is 10.5. The number of hydrogen-bond donors (Lipinski definition) is 2. The Hall–Kier alpha value is -3.40. The summed E-state index contributed by atoms with van der Waals surface area (Å²) in [6.45, 7) is 1.98. The molecule has 0 spiro atoms. The number of carboxylic acid groups (broad SMARTS) is 1. The van der Waals surface area contributed by atoms with Crippen LogP contribution in [0.3, 0.4) is 0 Å². The number of nitrogens with zero attached hydrogens (tertiary/aromatic N) is 4. The number of nitrogens with one attached hydrogen (secondary N) is 1. The van der Waals surface area contributed by atoms with Crippen molar-refractivity contribution in [3.63, 3.8) is 0 Å². The highest BCUT2D eigenvalue weighted by molar-refractivity contribution is 5.92. The zero-order chi connectivity index (χ0) is 16.6. The van der Waals surface area contributed by atoms with Gasteiger partial charge in [0, 0.05) is 30.4 Å². The maximum Gasteiger partial charge on any atom is 0.411 e. The number of anilines is 1. The average molecular weight is 307 g/mol. The number of aryl methyl sites for hydroxylation is 2. The molecule has 23 heavy (non-hydrogen) atoms. The first kappa shape index (κ1) is 14.5. The van der Waals surface area contributed by atoms with Crippen LogP contribution in [0.1, 0.15) is 11.1 Å². The molecule has 1 amide bonds. The smallest absolute Gasteiger partial charge is 0.411 e. The molecule has 3 rings (SSSR count). The Morgan fingerprint density at radius 1 is 1.43 bits per heavy atom. The SMILES string of the molecule is Cc1cn(C)c2c(C#N)cc(-c3ccnc(NC(=O)O)n3)cc12. The number of rotatable bonds is 2. The molecule has 0 bridgehead atoms. The molecule has 7 heteroatoms. The second-order valence-electron chi connectivity index (χ2n) is 5.15. The summed E-state index contributed by atoms with van der Waals surface area (Å²) < 4.78 is 1.92. The van der Waals surface area contributed by atoms with Crippen molar-refractivity contribution in [1.82, 2.24) is 14.5 Å². The van der Waals surface area contributed by atoms with Gasteiger partial charge in [-0.2, -0.15) is 5.26 Å². The second kappa shape index (κ2) is 5.42. The van der Waals surface area contributed by atoms with Crippen LogP contribution >= 0.6 is 0 Å². The van der Waals surface area contributed by atoms with Crippen LogP contribution in [0.5, 0.6) is 0 Å². The van der Waals surface area contributed by atoms with Crippen molar-refractivity contribution in [3.8, 4) is 17.3 Å². The molecule has 0 saturated heterocycles. The number of carbonyl (C=O) groups is 1. The van der Waals surface area contributed by atoms with Gasteiger partial charge in [-0.3, -0.25) is 5.32 Å². The fraction of sp³-hybridized carbons (Fsp3) is 0.125. The van der Waals surface area contributed by atoms with Gasteiger partial charge in [-0.05, 0) is 30.7 Å². The number of aromatic nitrogens is 3. The van der Waals surface area contributed by atoms with Crippen LogP contribution in [0.25, 0.3) is 22.2 Å². The summed E-state index contributed by atoms with van der Waals surface area (Å²) in [7, 11) is 1.90. The monoisotopic (exact) mass is 307 g/mol. The van der Waals surface area contributed by atoms with E-state index in [-0.39, 0.29) is 5.95 Å². The molecule has 3 aromatic rings. The first-order valence-corrected chi connectivity index (χ1v) is 6.82. The molecule has 2 aromatic heterocycles. The summed E-state index contributed by atoms with van der Waals surface area (Å²) in [5, 5.41) is 21.3. The molecule has 0 fully saturated rings. The highest BCUT2D eigenvalue weighted by Gasteiger charge is 2.12. The molecule has 0 radical (unpaired) electrons. The summed E-state index contributed by atoms with van der Waals surface area (Å²) in [5.41, 5.74) is 3.74. The van der Waals surface area contributed by atoms with Crippen LogP contribution in [0, 0.1) is 18.3 Å². The summed E-state index contributed by atoms with van der Waals surface area (Å²) in [6.07, 6.45) is 2.21. The molecule has 7 nitrogen and oxygen atoms in total. The Labute approximate surface area is 131 Å². The van der Waals surface area contributed by atoms with E-state index in [1.807, 2.05) is 30.8 Å². The van der Waals surface area contributed by atoms with Crippen LogP contribution in [-0.4, -0.2) is 25.7 Å². The lowest BCUT2D eigenvalue weighted by molar-refractivity contribution is 0.209. The minimum Gasteiger partial charge on any atom is -0.465 e. The van der Waals surface area contributed by atoms with E-state index in [4.69, 9.17) is 5.11 Å². The van der Waals surface area contributed by atoms with Crippen LogP contribution in [0.2, 0.25) is 0 Å². The summed E-state index contributed by atoms with van der Waals surface area (Å²) in [4.78, 5) is 18.7. The van der Waals surface area contributed by atoms with Gasteiger partial charge >= 0.3 is 6.09 Å². The fourth-order valence-electron chi connectivity index (χ4n) is 2.65. The van der Waals surface area contributed by atoms with E-state index < -0.39 is 6.09 Å². The van der Waals surface area contributed by atoms with Gasteiger partial charge in [0.25, 0.3) is 0 Å². The summed E-state index contributed by atoms with van der Waals surface area (Å²) in [5.74, 6) is -0.00149. The van der Waals surface area contributed by atoms with Crippen LogP contribution in [0.15, 0.2) is 30.6 Å². The van der Waals surface area contributed by atoms with Crippen molar-refractivity contribution in [3.05, 3.63) is 41.7 Å². The zero-order valence-corrected chi connectivity index (χ0v) is 12.5. The van der Waals surface area contributed by atoms with E-state index in [2.05, 4.69) is 21.4 Å². The molecule has 2 N–H and O–H groups in total. The lowest BCUT2D eigenvalue weighted by Crippen LogP contribution is -2.10. The molecule has 1 aromatic carbocycles. The number of hydrogen-bond acceptors (Lipinski definition) is 4. The first-order valence-electron chi connectivity index (χ1n) is 6.82. The Bertz CT molecular complexity index is 968. The third-order valence-corrected chi connectivity index (χ3v) is 3.57.